The fourth-order valence-electron chi connectivity index (χ4n) is 2.53. The van der Waals surface area contributed by atoms with E-state index in [2.05, 4.69) is 11.9 Å². The van der Waals surface area contributed by atoms with E-state index in [9.17, 15) is 18.3 Å². The Balaban J connectivity index is 2.39. The molecule has 1 aliphatic rings. The Morgan fingerprint density at radius 1 is 1.33 bits per heavy atom. The second-order valence-electron chi connectivity index (χ2n) is 6.79. The summed E-state index contributed by atoms with van der Waals surface area (Å²) in [6.07, 6.45) is 1.15. The van der Waals surface area contributed by atoms with Gasteiger partial charge in [-0.25, -0.2) is 18.2 Å². The predicted molar refractivity (Wildman–Crippen MR) is 94.2 cm³/mol. The molecular weight excluding hydrogens is 330 g/mol. The third kappa shape index (κ3) is 3.80. The lowest BCUT2D eigenvalue weighted by Gasteiger charge is -2.24. The van der Waals surface area contributed by atoms with E-state index in [1.807, 2.05) is 11.9 Å². The maximum atomic E-state index is 12.3. The first kappa shape index (κ1) is 18.5. The van der Waals surface area contributed by atoms with Crippen molar-refractivity contribution >= 4 is 27.6 Å². The van der Waals surface area contributed by atoms with Crippen molar-refractivity contribution in [1.82, 2.24) is 4.98 Å². The third-order valence-corrected chi connectivity index (χ3v) is 6.66. The number of nitrogens with zero attached hydrogens (tertiary/aromatic N) is 3. The van der Waals surface area contributed by atoms with Crippen molar-refractivity contribution in [2.75, 3.05) is 29.8 Å². The summed E-state index contributed by atoms with van der Waals surface area (Å²) in [6.45, 7) is 6.11. The Kier molecular flexibility index (Phi) is 5.08. The van der Waals surface area contributed by atoms with E-state index in [0.29, 0.717) is 17.7 Å². The van der Waals surface area contributed by atoms with Gasteiger partial charge in [-0.2, -0.15) is 0 Å². The molecule has 1 fully saturated rings. The van der Waals surface area contributed by atoms with Crippen molar-refractivity contribution in [1.29, 1.82) is 0 Å². The van der Waals surface area contributed by atoms with Crippen LogP contribution in [0.1, 0.15) is 37.6 Å². The summed E-state index contributed by atoms with van der Waals surface area (Å²) in [7, 11) is -0.329. The second kappa shape index (κ2) is 6.58. The first-order chi connectivity index (χ1) is 11.0. The smallest absolute Gasteiger partial charge is 0.335 e. The van der Waals surface area contributed by atoms with Gasteiger partial charge in [0.2, 0.25) is 10.0 Å². The van der Waals surface area contributed by atoms with E-state index in [-0.39, 0.29) is 11.4 Å². The molecule has 0 aromatic carbocycles. The minimum Gasteiger partial charge on any atom is -0.478 e. The number of hydrogen-bond acceptors (Lipinski definition) is 5. The van der Waals surface area contributed by atoms with Gasteiger partial charge < -0.3 is 10.0 Å². The maximum absolute atomic E-state index is 12.3. The van der Waals surface area contributed by atoms with Crippen LogP contribution in [0.3, 0.4) is 0 Å². The summed E-state index contributed by atoms with van der Waals surface area (Å²) < 4.78 is 25.8. The van der Waals surface area contributed by atoms with Crippen LogP contribution in [-0.2, 0) is 10.0 Å². The van der Waals surface area contributed by atoms with E-state index in [1.54, 1.807) is 13.8 Å². The van der Waals surface area contributed by atoms with Gasteiger partial charge in [0.15, 0.2) is 0 Å². The van der Waals surface area contributed by atoms with Crippen molar-refractivity contribution in [3.8, 4) is 0 Å². The number of carbonyl (C=O) groups is 1. The first-order valence-electron chi connectivity index (χ1n) is 7.98. The van der Waals surface area contributed by atoms with E-state index in [0.717, 1.165) is 17.3 Å². The van der Waals surface area contributed by atoms with Gasteiger partial charge in [-0.05, 0) is 44.2 Å². The van der Waals surface area contributed by atoms with E-state index >= 15 is 0 Å². The number of carboxylic acids is 1. The summed E-state index contributed by atoms with van der Waals surface area (Å²) in [6, 6.07) is 2.77. The topological polar surface area (TPSA) is 90.8 Å². The maximum Gasteiger partial charge on any atom is 0.335 e. The van der Waals surface area contributed by atoms with Crippen LogP contribution in [0.4, 0.5) is 11.6 Å². The lowest BCUT2D eigenvalue weighted by Crippen LogP contribution is -2.34. The fraction of sp³-hybridized carbons (Fsp3) is 0.625. The van der Waals surface area contributed by atoms with Crippen LogP contribution in [0, 0.1) is 11.8 Å². The van der Waals surface area contributed by atoms with Crippen molar-refractivity contribution < 1.29 is 18.3 Å². The van der Waals surface area contributed by atoms with Crippen LogP contribution in [0.25, 0.3) is 0 Å². The number of aromatic nitrogens is 1. The van der Waals surface area contributed by atoms with Gasteiger partial charge in [0.1, 0.15) is 11.6 Å². The monoisotopic (exact) mass is 355 g/mol. The largest absolute Gasteiger partial charge is 0.478 e. The minimum atomic E-state index is -3.57. The molecule has 1 N–H and O–H groups in total. The van der Waals surface area contributed by atoms with Gasteiger partial charge in [-0.15, -0.1) is 0 Å². The van der Waals surface area contributed by atoms with Crippen LogP contribution >= 0.6 is 0 Å². The summed E-state index contributed by atoms with van der Waals surface area (Å²) >= 11 is 0. The molecule has 0 unspecified atom stereocenters. The molecule has 2 rings (SSSR count). The molecule has 0 saturated heterocycles. The number of sulfonamides is 1. The van der Waals surface area contributed by atoms with Crippen molar-refractivity contribution in [3.63, 3.8) is 0 Å². The fourth-order valence-corrected chi connectivity index (χ4v) is 3.51. The highest BCUT2D eigenvalue weighted by molar-refractivity contribution is 7.93. The molecule has 1 aromatic heterocycles. The van der Waals surface area contributed by atoms with Gasteiger partial charge in [0.25, 0.3) is 0 Å². The molecular formula is C16H25N3O4S. The van der Waals surface area contributed by atoms with Crippen LogP contribution in [-0.4, -0.2) is 50.4 Å². The van der Waals surface area contributed by atoms with Crippen LogP contribution in [0.15, 0.2) is 12.1 Å². The lowest BCUT2D eigenvalue weighted by molar-refractivity contribution is 0.0697. The van der Waals surface area contributed by atoms with Crippen LogP contribution < -0.4 is 9.21 Å². The number of pyridine rings is 1. The van der Waals surface area contributed by atoms with Crippen LogP contribution in [0.2, 0.25) is 0 Å². The Morgan fingerprint density at radius 2 is 1.88 bits per heavy atom. The Morgan fingerprint density at radius 3 is 2.33 bits per heavy atom. The number of hydrogen-bond donors (Lipinski definition) is 1. The summed E-state index contributed by atoms with van der Waals surface area (Å²) in [5, 5.41) is 8.71. The van der Waals surface area contributed by atoms with Crippen molar-refractivity contribution in [3.05, 3.63) is 17.7 Å². The third-order valence-electron chi connectivity index (χ3n) is 4.52. The van der Waals surface area contributed by atoms with E-state index < -0.39 is 21.2 Å². The molecule has 134 valence electrons. The van der Waals surface area contributed by atoms with E-state index in [4.69, 9.17) is 0 Å². The standard InChI is InChI=1S/C16H25N3O4S/c1-10(2)24(22,23)19(5)15-8-12(16(20)21)7-14(17-15)18(4)9-13-6-11(13)3/h7-8,10-11,13H,6,9H2,1-5H3,(H,20,21)/t11-,13+/m0/s1. The number of carboxylic acid groups (broad SMARTS) is 1. The van der Waals surface area contributed by atoms with Gasteiger partial charge in [-0.1, -0.05) is 6.92 Å². The molecule has 24 heavy (non-hydrogen) atoms. The minimum absolute atomic E-state index is 0.0245. The van der Waals surface area contributed by atoms with Crippen molar-refractivity contribution in [2.24, 2.45) is 11.8 Å². The summed E-state index contributed by atoms with van der Waals surface area (Å²) in [5.41, 5.74) is 0.0245. The number of anilines is 2. The highest BCUT2D eigenvalue weighted by Gasteiger charge is 2.34. The molecule has 1 saturated carbocycles. The molecule has 1 aliphatic carbocycles. The predicted octanol–water partition coefficient (Wildman–Crippen LogP) is 2.05. The highest BCUT2D eigenvalue weighted by atomic mass is 32.2. The van der Waals surface area contributed by atoms with Gasteiger partial charge in [0.05, 0.1) is 10.8 Å². The zero-order valence-electron chi connectivity index (χ0n) is 14.7. The molecule has 0 amide bonds. The Labute approximate surface area is 143 Å². The zero-order valence-corrected chi connectivity index (χ0v) is 15.5. The second-order valence-corrected chi connectivity index (χ2v) is 9.31. The summed E-state index contributed by atoms with van der Waals surface area (Å²) in [4.78, 5) is 17.7. The molecule has 0 spiro atoms. The van der Waals surface area contributed by atoms with Gasteiger partial charge in [-0.3, -0.25) is 4.31 Å². The van der Waals surface area contributed by atoms with Crippen molar-refractivity contribution in [2.45, 2.75) is 32.4 Å². The van der Waals surface area contributed by atoms with Gasteiger partial charge in [0, 0.05) is 20.6 Å². The molecule has 0 radical (unpaired) electrons. The number of rotatable bonds is 7. The Bertz CT molecular complexity index is 733. The highest BCUT2D eigenvalue weighted by Crippen LogP contribution is 2.38. The van der Waals surface area contributed by atoms with E-state index in [1.165, 1.54) is 19.2 Å². The normalized spacial score (nSPS) is 20.1. The number of aromatic carboxylic acids is 1. The molecule has 8 heteroatoms. The Hall–Kier alpha value is -1.83. The molecule has 0 bridgehead atoms. The first-order valence-corrected chi connectivity index (χ1v) is 9.48. The lowest BCUT2D eigenvalue weighted by atomic mass is 10.2. The molecule has 1 heterocycles. The molecule has 1 aromatic rings. The van der Waals surface area contributed by atoms with Gasteiger partial charge >= 0.3 is 5.97 Å². The molecule has 0 aliphatic heterocycles. The average molecular weight is 355 g/mol. The SMILES string of the molecule is CC(C)S(=O)(=O)N(C)c1cc(C(=O)O)cc(N(C)C[C@H]2C[C@@H]2C)n1. The zero-order chi connectivity index (χ0) is 18.2. The average Bonchev–Trinajstić information content (AvgIpc) is 3.20. The quantitative estimate of drug-likeness (QED) is 0.805. The van der Waals surface area contributed by atoms with Crippen LogP contribution in [0.5, 0.6) is 0 Å². The molecule has 7 nitrogen and oxygen atoms in total. The summed E-state index contributed by atoms with van der Waals surface area (Å²) in [5.74, 6) is 0.719. The molecule has 2 atom stereocenters.